The minimum Gasteiger partial charge on any atom is -0.469 e. The lowest BCUT2D eigenvalue weighted by Gasteiger charge is -2.25. The molecule has 0 N–H and O–H groups in total. The number of ether oxygens (including phenoxy) is 1. The summed E-state index contributed by atoms with van der Waals surface area (Å²) in [6.45, 7) is 0. The van der Waals surface area contributed by atoms with Gasteiger partial charge in [-0.1, -0.05) is 6.07 Å². The fourth-order valence-corrected chi connectivity index (χ4v) is 3.28. The van der Waals surface area contributed by atoms with Crippen LogP contribution in [-0.2, 0) is 25.5 Å². The second kappa shape index (κ2) is 6.10. The molecule has 1 aliphatic rings. The van der Waals surface area contributed by atoms with E-state index in [0.29, 0.717) is 25.7 Å². The maximum Gasteiger partial charge on any atom is 0.310 e. The fraction of sp³-hybridized carbons (Fsp3) is 0.500. The van der Waals surface area contributed by atoms with Crippen molar-refractivity contribution in [2.45, 2.75) is 25.7 Å². The van der Waals surface area contributed by atoms with E-state index in [4.69, 9.17) is 4.74 Å². The van der Waals surface area contributed by atoms with Gasteiger partial charge in [0, 0.05) is 17.7 Å². The van der Waals surface area contributed by atoms with Crippen molar-refractivity contribution in [2.75, 3.05) is 7.11 Å². The number of thiophene rings is 1. The standard InChI is InChI=1S/C14H16O4S/c1-18-14(17)10(8-9-4-3-7-19-9)13-11(15)5-2-6-12(13)16/h3-4,7,10,13H,2,5-6,8H2,1H3. The van der Waals surface area contributed by atoms with E-state index in [0.717, 1.165) is 4.88 Å². The molecule has 19 heavy (non-hydrogen) atoms. The zero-order chi connectivity index (χ0) is 13.8. The number of carbonyl (C=O) groups is 3. The Balaban J connectivity index is 2.23. The van der Waals surface area contributed by atoms with E-state index in [1.54, 1.807) is 0 Å². The van der Waals surface area contributed by atoms with Crippen LogP contribution in [0.4, 0.5) is 0 Å². The Bertz CT molecular complexity index is 462. The second-order valence-electron chi connectivity index (χ2n) is 4.68. The van der Waals surface area contributed by atoms with Crippen LogP contribution in [0, 0.1) is 11.8 Å². The number of methoxy groups -OCH3 is 1. The molecular formula is C14H16O4S. The molecule has 1 unspecified atom stereocenters. The molecule has 2 rings (SSSR count). The molecule has 1 heterocycles. The molecular weight excluding hydrogens is 264 g/mol. The SMILES string of the molecule is COC(=O)C(Cc1cccs1)C1C(=O)CCCC1=O. The van der Waals surface area contributed by atoms with Crippen molar-refractivity contribution in [3.8, 4) is 0 Å². The summed E-state index contributed by atoms with van der Waals surface area (Å²) >= 11 is 1.52. The lowest BCUT2D eigenvalue weighted by atomic mass is 9.76. The minimum atomic E-state index is -0.816. The molecule has 5 heteroatoms. The van der Waals surface area contributed by atoms with Gasteiger partial charge in [-0.05, 0) is 24.3 Å². The summed E-state index contributed by atoms with van der Waals surface area (Å²) in [4.78, 5) is 36.8. The Morgan fingerprint density at radius 1 is 1.42 bits per heavy atom. The van der Waals surface area contributed by atoms with E-state index in [2.05, 4.69) is 0 Å². The Hall–Kier alpha value is -1.49. The summed E-state index contributed by atoms with van der Waals surface area (Å²) in [6, 6.07) is 3.79. The van der Waals surface area contributed by atoms with Crippen molar-refractivity contribution in [1.82, 2.24) is 0 Å². The molecule has 0 amide bonds. The van der Waals surface area contributed by atoms with E-state index >= 15 is 0 Å². The van der Waals surface area contributed by atoms with Gasteiger partial charge in [0.1, 0.15) is 11.6 Å². The first kappa shape index (κ1) is 13.9. The summed E-state index contributed by atoms with van der Waals surface area (Å²) < 4.78 is 4.77. The summed E-state index contributed by atoms with van der Waals surface area (Å²) in [5.41, 5.74) is 0. The molecule has 0 aromatic carbocycles. The van der Waals surface area contributed by atoms with Crippen molar-refractivity contribution in [3.63, 3.8) is 0 Å². The Kier molecular flexibility index (Phi) is 4.47. The van der Waals surface area contributed by atoms with Crippen LogP contribution in [0.3, 0.4) is 0 Å². The van der Waals surface area contributed by atoms with E-state index < -0.39 is 17.8 Å². The first-order valence-electron chi connectivity index (χ1n) is 6.29. The van der Waals surface area contributed by atoms with Gasteiger partial charge in [-0.2, -0.15) is 0 Å². The highest BCUT2D eigenvalue weighted by molar-refractivity contribution is 7.09. The highest BCUT2D eigenvalue weighted by Gasteiger charge is 2.41. The van der Waals surface area contributed by atoms with Gasteiger partial charge < -0.3 is 4.74 Å². The van der Waals surface area contributed by atoms with Crippen LogP contribution in [0.1, 0.15) is 24.1 Å². The molecule has 4 nitrogen and oxygen atoms in total. The maximum absolute atomic E-state index is 12.0. The number of hydrogen-bond donors (Lipinski definition) is 0. The zero-order valence-corrected chi connectivity index (χ0v) is 11.6. The summed E-state index contributed by atoms with van der Waals surface area (Å²) in [5, 5.41) is 1.91. The lowest BCUT2D eigenvalue weighted by Crippen LogP contribution is -2.40. The normalized spacial score (nSPS) is 18.4. The number of Topliss-reactive ketones (excluding diaryl/α,β-unsaturated/α-hetero) is 2. The second-order valence-corrected chi connectivity index (χ2v) is 5.71. The predicted molar refractivity (Wildman–Crippen MR) is 70.9 cm³/mol. The number of hydrogen-bond acceptors (Lipinski definition) is 5. The van der Waals surface area contributed by atoms with Crippen LogP contribution >= 0.6 is 11.3 Å². The van der Waals surface area contributed by atoms with E-state index in [1.165, 1.54) is 18.4 Å². The van der Waals surface area contributed by atoms with Crippen LogP contribution in [0.2, 0.25) is 0 Å². The van der Waals surface area contributed by atoms with Crippen LogP contribution in [0.5, 0.6) is 0 Å². The molecule has 0 aliphatic heterocycles. The quantitative estimate of drug-likeness (QED) is 0.625. The molecule has 1 atom stereocenters. The summed E-state index contributed by atoms with van der Waals surface area (Å²) in [7, 11) is 1.29. The topological polar surface area (TPSA) is 60.4 Å². The molecule has 0 bridgehead atoms. The molecule has 0 radical (unpaired) electrons. The van der Waals surface area contributed by atoms with E-state index in [1.807, 2.05) is 17.5 Å². The largest absolute Gasteiger partial charge is 0.469 e. The van der Waals surface area contributed by atoms with Crippen LogP contribution < -0.4 is 0 Å². The molecule has 0 spiro atoms. The Morgan fingerprint density at radius 2 is 2.11 bits per heavy atom. The van der Waals surface area contributed by atoms with Gasteiger partial charge in [0.2, 0.25) is 0 Å². The van der Waals surface area contributed by atoms with Crippen molar-refractivity contribution in [3.05, 3.63) is 22.4 Å². The van der Waals surface area contributed by atoms with Crippen LogP contribution in [0.15, 0.2) is 17.5 Å². The van der Waals surface area contributed by atoms with Crippen LogP contribution in [-0.4, -0.2) is 24.6 Å². The van der Waals surface area contributed by atoms with Crippen molar-refractivity contribution in [2.24, 2.45) is 11.8 Å². The Labute approximate surface area is 115 Å². The smallest absolute Gasteiger partial charge is 0.310 e. The van der Waals surface area contributed by atoms with Gasteiger partial charge in [-0.25, -0.2) is 0 Å². The van der Waals surface area contributed by atoms with Crippen molar-refractivity contribution in [1.29, 1.82) is 0 Å². The average molecular weight is 280 g/mol. The third-order valence-electron chi connectivity index (χ3n) is 3.45. The van der Waals surface area contributed by atoms with Gasteiger partial charge in [0.15, 0.2) is 0 Å². The zero-order valence-electron chi connectivity index (χ0n) is 10.8. The van der Waals surface area contributed by atoms with Gasteiger partial charge in [0.25, 0.3) is 0 Å². The third-order valence-corrected chi connectivity index (χ3v) is 4.35. The van der Waals surface area contributed by atoms with E-state index in [-0.39, 0.29) is 11.6 Å². The molecule has 1 aromatic heterocycles. The predicted octanol–water partition coefficient (Wildman–Crippen LogP) is 2.02. The maximum atomic E-state index is 12.0. The molecule has 1 saturated carbocycles. The lowest BCUT2D eigenvalue weighted by molar-refractivity contribution is -0.154. The summed E-state index contributed by atoms with van der Waals surface area (Å²) in [6.07, 6.45) is 1.76. The fourth-order valence-electron chi connectivity index (χ4n) is 2.51. The molecule has 102 valence electrons. The van der Waals surface area contributed by atoms with Gasteiger partial charge in [0.05, 0.1) is 18.9 Å². The minimum absolute atomic E-state index is 0.122. The van der Waals surface area contributed by atoms with Crippen molar-refractivity contribution < 1.29 is 19.1 Å². The first-order chi connectivity index (χ1) is 9.13. The number of ketones is 2. The molecule has 1 fully saturated rings. The van der Waals surface area contributed by atoms with Crippen LogP contribution in [0.25, 0.3) is 0 Å². The molecule has 0 saturated heterocycles. The number of carbonyl (C=O) groups excluding carboxylic acids is 3. The third kappa shape index (κ3) is 3.10. The number of esters is 1. The highest BCUT2D eigenvalue weighted by Crippen LogP contribution is 2.29. The van der Waals surface area contributed by atoms with Gasteiger partial charge in [-0.15, -0.1) is 11.3 Å². The summed E-state index contributed by atoms with van der Waals surface area (Å²) in [5.74, 6) is -2.21. The van der Waals surface area contributed by atoms with Gasteiger partial charge >= 0.3 is 5.97 Å². The molecule has 1 aromatic rings. The average Bonchev–Trinajstić information content (AvgIpc) is 2.89. The first-order valence-corrected chi connectivity index (χ1v) is 7.17. The Morgan fingerprint density at radius 3 is 2.63 bits per heavy atom. The van der Waals surface area contributed by atoms with E-state index in [9.17, 15) is 14.4 Å². The highest BCUT2D eigenvalue weighted by atomic mass is 32.1. The monoisotopic (exact) mass is 280 g/mol. The van der Waals surface area contributed by atoms with Crippen molar-refractivity contribution >= 4 is 28.9 Å². The molecule has 1 aliphatic carbocycles. The van der Waals surface area contributed by atoms with Gasteiger partial charge in [-0.3, -0.25) is 14.4 Å². The number of rotatable bonds is 4.